The van der Waals surface area contributed by atoms with Crippen LogP contribution in [-0.2, 0) is 6.54 Å². The van der Waals surface area contributed by atoms with Gasteiger partial charge in [-0.1, -0.05) is 12.1 Å². The minimum atomic E-state index is -0.285. The number of anilines is 1. The molecule has 0 aliphatic rings. The van der Waals surface area contributed by atoms with Gasteiger partial charge in [0.1, 0.15) is 5.82 Å². The quantitative estimate of drug-likeness (QED) is 0.850. The zero-order valence-corrected chi connectivity index (χ0v) is 11.4. The molecule has 0 aromatic heterocycles. The van der Waals surface area contributed by atoms with Crippen molar-refractivity contribution in [3.05, 3.63) is 65.5 Å². The van der Waals surface area contributed by atoms with E-state index < -0.39 is 0 Å². The van der Waals surface area contributed by atoms with Gasteiger partial charge in [0.2, 0.25) is 0 Å². The Hall–Kier alpha value is -2.45. The van der Waals surface area contributed by atoms with Gasteiger partial charge in [0, 0.05) is 12.2 Å². The molecule has 5 heteroatoms. The number of hydrogen-bond acceptors (Lipinski definition) is 2. The summed E-state index contributed by atoms with van der Waals surface area (Å²) in [5.74, 6) is -0.285. The van der Waals surface area contributed by atoms with E-state index in [2.05, 4.69) is 16.7 Å². The Kier molecular flexibility index (Phi) is 4.64. The monoisotopic (exact) mass is 285 g/mol. The molecule has 0 amide bonds. The maximum atomic E-state index is 12.8. The Labute approximate surface area is 122 Å². The molecule has 0 spiro atoms. The molecular weight excluding hydrogens is 273 g/mol. The van der Waals surface area contributed by atoms with Crippen molar-refractivity contribution >= 4 is 23.0 Å². The van der Waals surface area contributed by atoms with Crippen LogP contribution in [0.4, 0.5) is 10.1 Å². The lowest BCUT2D eigenvalue weighted by Gasteiger charge is -2.10. The van der Waals surface area contributed by atoms with Crippen molar-refractivity contribution in [1.82, 2.24) is 5.32 Å². The predicted octanol–water partition coefficient (Wildman–Crippen LogP) is 3.18. The molecule has 2 aromatic rings. The Balaban J connectivity index is 1.85. The van der Waals surface area contributed by atoms with Gasteiger partial charge in [0.15, 0.2) is 5.11 Å². The average molecular weight is 285 g/mol. The van der Waals surface area contributed by atoms with Crippen molar-refractivity contribution in [2.24, 2.45) is 0 Å². The minimum Gasteiger partial charge on any atom is -0.358 e. The molecule has 0 heterocycles. The molecule has 2 aromatic carbocycles. The minimum absolute atomic E-state index is 0.285. The highest BCUT2D eigenvalue weighted by molar-refractivity contribution is 7.80. The van der Waals surface area contributed by atoms with Crippen molar-refractivity contribution < 1.29 is 4.39 Å². The summed E-state index contributed by atoms with van der Waals surface area (Å²) in [5.41, 5.74) is 2.37. The molecular formula is C15H12FN3S. The summed E-state index contributed by atoms with van der Waals surface area (Å²) in [7, 11) is 0. The van der Waals surface area contributed by atoms with Crippen LogP contribution in [0.25, 0.3) is 0 Å². The number of hydrogen-bond donors (Lipinski definition) is 2. The second-order valence-corrected chi connectivity index (χ2v) is 4.53. The largest absolute Gasteiger partial charge is 0.358 e. The lowest BCUT2D eigenvalue weighted by molar-refractivity contribution is 0.628. The second-order valence-electron chi connectivity index (χ2n) is 4.12. The van der Waals surface area contributed by atoms with Crippen LogP contribution in [0.2, 0.25) is 0 Å². The molecule has 0 atom stereocenters. The van der Waals surface area contributed by atoms with E-state index in [1.807, 2.05) is 12.1 Å². The van der Waals surface area contributed by atoms with Gasteiger partial charge in [-0.2, -0.15) is 5.26 Å². The van der Waals surface area contributed by atoms with Gasteiger partial charge in [-0.3, -0.25) is 0 Å². The van der Waals surface area contributed by atoms with Crippen LogP contribution in [0.3, 0.4) is 0 Å². The Morgan fingerprint density at radius 3 is 2.35 bits per heavy atom. The van der Waals surface area contributed by atoms with Gasteiger partial charge in [-0.25, -0.2) is 4.39 Å². The number of halogens is 1. The molecule has 0 saturated heterocycles. The summed E-state index contributed by atoms with van der Waals surface area (Å²) >= 11 is 5.15. The van der Waals surface area contributed by atoms with E-state index in [0.29, 0.717) is 17.2 Å². The van der Waals surface area contributed by atoms with E-state index in [4.69, 9.17) is 17.5 Å². The first-order valence-corrected chi connectivity index (χ1v) is 6.37. The molecule has 3 nitrogen and oxygen atoms in total. The topological polar surface area (TPSA) is 47.9 Å². The van der Waals surface area contributed by atoms with Crippen molar-refractivity contribution in [2.75, 3.05) is 5.32 Å². The lowest BCUT2D eigenvalue weighted by Crippen LogP contribution is -2.27. The van der Waals surface area contributed by atoms with Gasteiger partial charge in [0.05, 0.1) is 11.6 Å². The Bertz CT molecular complexity index is 630. The molecule has 0 fully saturated rings. The van der Waals surface area contributed by atoms with Gasteiger partial charge in [-0.05, 0) is 54.2 Å². The summed E-state index contributed by atoms with van der Waals surface area (Å²) in [5, 5.41) is 15.2. The van der Waals surface area contributed by atoms with Gasteiger partial charge in [-0.15, -0.1) is 0 Å². The van der Waals surface area contributed by atoms with Crippen molar-refractivity contribution in [3.63, 3.8) is 0 Å². The number of benzene rings is 2. The fraction of sp³-hybridized carbons (Fsp3) is 0.0667. The van der Waals surface area contributed by atoms with Crippen molar-refractivity contribution in [3.8, 4) is 6.07 Å². The van der Waals surface area contributed by atoms with E-state index >= 15 is 0 Å². The maximum Gasteiger partial charge on any atom is 0.171 e. The molecule has 100 valence electrons. The van der Waals surface area contributed by atoms with Crippen LogP contribution in [0.5, 0.6) is 0 Å². The Morgan fingerprint density at radius 2 is 1.75 bits per heavy atom. The fourth-order valence-electron chi connectivity index (χ4n) is 1.59. The summed E-state index contributed by atoms with van der Waals surface area (Å²) in [6, 6.07) is 15.3. The van der Waals surface area contributed by atoms with Crippen LogP contribution < -0.4 is 10.6 Å². The zero-order chi connectivity index (χ0) is 14.4. The molecule has 0 aliphatic heterocycles. The Morgan fingerprint density at radius 1 is 1.10 bits per heavy atom. The van der Waals surface area contributed by atoms with Crippen LogP contribution in [0, 0.1) is 17.1 Å². The fourth-order valence-corrected chi connectivity index (χ4v) is 1.78. The highest BCUT2D eigenvalue weighted by Gasteiger charge is 1.99. The number of rotatable bonds is 3. The van der Waals surface area contributed by atoms with Gasteiger partial charge >= 0.3 is 0 Å². The zero-order valence-electron chi connectivity index (χ0n) is 10.6. The van der Waals surface area contributed by atoms with Crippen molar-refractivity contribution in [2.45, 2.75) is 6.54 Å². The van der Waals surface area contributed by atoms with Crippen LogP contribution in [0.1, 0.15) is 11.1 Å². The number of nitriles is 1. The third-order valence-corrected chi connectivity index (χ3v) is 2.88. The normalized spacial score (nSPS) is 9.60. The predicted molar refractivity (Wildman–Crippen MR) is 80.6 cm³/mol. The van der Waals surface area contributed by atoms with Crippen LogP contribution >= 0.6 is 12.2 Å². The lowest BCUT2D eigenvalue weighted by atomic mass is 10.1. The van der Waals surface area contributed by atoms with E-state index in [1.165, 1.54) is 12.1 Å². The molecule has 0 saturated carbocycles. The molecule has 2 rings (SSSR count). The van der Waals surface area contributed by atoms with Crippen molar-refractivity contribution in [1.29, 1.82) is 5.26 Å². The second kappa shape index (κ2) is 6.64. The van der Waals surface area contributed by atoms with E-state index in [1.54, 1.807) is 24.3 Å². The third-order valence-electron chi connectivity index (χ3n) is 2.64. The highest BCUT2D eigenvalue weighted by Crippen LogP contribution is 2.08. The van der Waals surface area contributed by atoms with E-state index in [0.717, 1.165) is 11.3 Å². The summed E-state index contributed by atoms with van der Waals surface area (Å²) < 4.78 is 12.8. The van der Waals surface area contributed by atoms with E-state index in [-0.39, 0.29) is 5.82 Å². The number of nitrogens with one attached hydrogen (secondary N) is 2. The summed E-state index contributed by atoms with van der Waals surface area (Å²) in [4.78, 5) is 0. The number of nitrogens with zero attached hydrogens (tertiary/aromatic N) is 1. The van der Waals surface area contributed by atoms with E-state index in [9.17, 15) is 4.39 Å². The first-order valence-electron chi connectivity index (χ1n) is 5.97. The van der Waals surface area contributed by atoms with Crippen LogP contribution in [-0.4, -0.2) is 5.11 Å². The highest BCUT2D eigenvalue weighted by atomic mass is 32.1. The third kappa shape index (κ3) is 4.04. The summed E-state index contributed by atoms with van der Waals surface area (Å²) in [6.45, 7) is 0.554. The molecule has 2 N–H and O–H groups in total. The number of thiocarbonyl (C=S) groups is 1. The molecule has 0 radical (unpaired) electrons. The van der Waals surface area contributed by atoms with Gasteiger partial charge in [0.25, 0.3) is 0 Å². The van der Waals surface area contributed by atoms with Gasteiger partial charge < -0.3 is 10.6 Å². The molecule has 0 aliphatic carbocycles. The SMILES string of the molecule is N#Cc1ccc(CNC(=S)Nc2ccc(F)cc2)cc1. The average Bonchev–Trinajstić information content (AvgIpc) is 2.48. The first-order chi connectivity index (χ1) is 9.67. The molecule has 0 bridgehead atoms. The smallest absolute Gasteiger partial charge is 0.171 e. The molecule has 20 heavy (non-hydrogen) atoms. The molecule has 0 unspecified atom stereocenters. The standard InChI is InChI=1S/C15H12FN3S/c16-13-5-7-14(8-6-13)19-15(20)18-10-12-3-1-11(9-17)2-4-12/h1-8H,10H2,(H2,18,19,20). The first kappa shape index (κ1) is 14.0. The maximum absolute atomic E-state index is 12.8. The summed E-state index contributed by atoms with van der Waals surface area (Å²) in [6.07, 6.45) is 0. The van der Waals surface area contributed by atoms with Crippen LogP contribution in [0.15, 0.2) is 48.5 Å².